The van der Waals surface area contributed by atoms with Crippen molar-refractivity contribution in [2.24, 2.45) is 0 Å². The van der Waals surface area contributed by atoms with Gasteiger partial charge in [-0.25, -0.2) is 0 Å². The van der Waals surface area contributed by atoms with Crippen LogP contribution in [0.25, 0.3) is 76.8 Å². The maximum absolute atomic E-state index is 2.42. The van der Waals surface area contributed by atoms with Crippen molar-refractivity contribution in [3.63, 3.8) is 0 Å². The molecule has 0 heterocycles. The summed E-state index contributed by atoms with van der Waals surface area (Å²) < 4.78 is 0. The van der Waals surface area contributed by atoms with E-state index in [0.29, 0.717) is 0 Å². The number of nitrogens with zero attached hydrogens (tertiary/aromatic N) is 1. The summed E-state index contributed by atoms with van der Waals surface area (Å²) in [6.45, 7) is 0. The van der Waals surface area contributed by atoms with E-state index in [1.807, 2.05) is 0 Å². The molecule has 0 radical (unpaired) electrons. The lowest BCUT2D eigenvalue weighted by atomic mass is 9.92. The molecule has 0 atom stereocenters. The van der Waals surface area contributed by atoms with Gasteiger partial charge in [-0.3, -0.25) is 0 Å². The Morgan fingerprint density at radius 3 is 1.38 bits per heavy atom. The molecule has 0 aliphatic rings. The smallest absolute Gasteiger partial charge is 0.0540 e. The summed E-state index contributed by atoms with van der Waals surface area (Å²) in [5.74, 6) is 0. The largest absolute Gasteiger partial charge is 0.310 e. The van der Waals surface area contributed by atoms with E-state index >= 15 is 0 Å². The highest BCUT2D eigenvalue weighted by molar-refractivity contribution is 6.15. The molecule has 10 aromatic carbocycles. The Morgan fingerprint density at radius 2 is 0.691 bits per heavy atom. The van der Waals surface area contributed by atoms with Crippen molar-refractivity contribution in [2.45, 2.75) is 0 Å². The molecule has 0 N–H and O–H groups in total. The Kier molecular flexibility index (Phi) is 8.24. The standard InChI is InChI=1S/C54H37N/c1-2-15-38(16-3-1)45-21-8-9-22-47(45)40-29-33-43(34-30-40)55(44-35-31-41(32-36-44)48-27-14-19-39-17-4-6-20-46(39)48)54-28-13-12-26-52(54)53-37-42-18-5-7-23-49(42)50-24-10-11-25-51(50)53/h1-37H. The van der Waals surface area contributed by atoms with Gasteiger partial charge in [0, 0.05) is 16.9 Å². The van der Waals surface area contributed by atoms with Crippen molar-refractivity contribution in [1.82, 2.24) is 0 Å². The van der Waals surface area contributed by atoms with Crippen molar-refractivity contribution < 1.29 is 0 Å². The summed E-state index contributed by atoms with van der Waals surface area (Å²) in [5, 5.41) is 7.52. The topological polar surface area (TPSA) is 3.24 Å². The quantitative estimate of drug-likeness (QED) is 0.150. The minimum absolute atomic E-state index is 1.09. The molecule has 0 saturated heterocycles. The van der Waals surface area contributed by atoms with Crippen LogP contribution in [0.1, 0.15) is 0 Å². The van der Waals surface area contributed by atoms with Gasteiger partial charge in [-0.1, -0.05) is 188 Å². The highest BCUT2D eigenvalue weighted by Crippen LogP contribution is 2.45. The molecule has 0 amide bonds. The summed E-state index contributed by atoms with van der Waals surface area (Å²) in [5.41, 5.74) is 13.0. The number of hydrogen-bond acceptors (Lipinski definition) is 1. The fraction of sp³-hybridized carbons (Fsp3) is 0. The average molecular weight is 700 g/mol. The highest BCUT2D eigenvalue weighted by atomic mass is 15.1. The van der Waals surface area contributed by atoms with Crippen LogP contribution in [-0.2, 0) is 0 Å². The minimum atomic E-state index is 1.09. The fourth-order valence-electron chi connectivity index (χ4n) is 8.26. The third-order valence-corrected chi connectivity index (χ3v) is 10.9. The van der Waals surface area contributed by atoms with E-state index < -0.39 is 0 Å². The van der Waals surface area contributed by atoms with Crippen LogP contribution in [0.4, 0.5) is 17.1 Å². The minimum Gasteiger partial charge on any atom is -0.310 e. The predicted octanol–water partition coefficient (Wildman–Crippen LogP) is 15.3. The summed E-state index contributed by atoms with van der Waals surface area (Å²) in [6.07, 6.45) is 0. The Morgan fingerprint density at radius 1 is 0.236 bits per heavy atom. The van der Waals surface area contributed by atoms with Gasteiger partial charge >= 0.3 is 0 Å². The van der Waals surface area contributed by atoms with Gasteiger partial charge in [-0.2, -0.15) is 0 Å². The first kappa shape index (κ1) is 32.4. The molecule has 0 saturated carbocycles. The van der Waals surface area contributed by atoms with Crippen LogP contribution in [0, 0.1) is 0 Å². The second kappa shape index (κ2) is 14.0. The van der Waals surface area contributed by atoms with E-state index in [1.165, 1.54) is 76.8 Å². The zero-order valence-corrected chi connectivity index (χ0v) is 30.3. The first-order chi connectivity index (χ1) is 27.3. The lowest BCUT2D eigenvalue weighted by molar-refractivity contribution is 1.28. The Hall–Kier alpha value is -7.22. The lowest BCUT2D eigenvalue weighted by Gasteiger charge is -2.29. The van der Waals surface area contributed by atoms with E-state index in [4.69, 9.17) is 0 Å². The van der Waals surface area contributed by atoms with Gasteiger partial charge in [0.05, 0.1) is 5.69 Å². The third-order valence-electron chi connectivity index (χ3n) is 10.9. The zero-order chi connectivity index (χ0) is 36.6. The van der Waals surface area contributed by atoms with E-state index in [-0.39, 0.29) is 0 Å². The molecule has 1 nitrogen and oxygen atoms in total. The molecule has 10 rings (SSSR count). The van der Waals surface area contributed by atoms with Gasteiger partial charge in [0.25, 0.3) is 0 Å². The van der Waals surface area contributed by atoms with Crippen LogP contribution in [0.15, 0.2) is 224 Å². The van der Waals surface area contributed by atoms with Gasteiger partial charge in [0.1, 0.15) is 0 Å². The normalized spacial score (nSPS) is 11.3. The maximum atomic E-state index is 2.42. The molecule has 55 heavy (non-hydrogen) atoms. The Balaban J connectivity index is 1.14. The number of anilines is 3. The van der Waals surface area contributed by atoms with Crippen molar-refractivity contribution in [3.8, 4) is 44.5 Å². The molecule has 0 bridgehead atoms. The molecule has 1 heteroatoms. The van der Waals surface area contributed by atoms with Crippen LogP contribution < -0.4 is 4.90 Å². The number of fused-ring (bicyclic) bond motifs is 4. The molecule has 0 aliphatic carbocycles. The fourth-order valence-corrected chi connectivity index (χ4v) is 8.26. The molecule has 0 unspecified atom stereocenters. The Bertz CT molecular complexity index is 2950. The molecule has 10 aromatic rings. The van der Waals surface area contributed by atoms with Gasteiger partial charge in [-0.15, -0.1) is 0 Å². The molecule has 0 aliphatic heterocycles. The van der Waals surface area contributed by atoms with E-state index in [9.17, 15) is 0 Å². The summed E-state index contributed by atoms with van der Waals surface area (Å²) in [7, 11) is 0. The number of rotatable bonds is 7. The molecule has 0 fully saturated rings. The predicted molar refractivity (Wildman–Crippen MR) is 235 cm³/mol. The van der Waals surface area contributed by atoms with Crippen LogP contribution in [0.3, 0.4) is 0 Å². The summed E-state index contributed by atoms with van der Waals surface area (Å²) in [4.78, 5) is 2.42. The average Bonchev–Trinajstić information content (AvgIpc) is 3.27. The first-order valence-electron chi connectivity index (χ1n) is 18.9. The van der Waals surface area contributed by atoms with E-state index in [2.05, 4.69) is 229 Å². The van der Waals surface area contributed by atoms with Crippen LogP contribution in [0.5, 0.6) is 0 Å². The van der Waals surface area contributed by atoms with Gasteiger partial charge in [0.2, 0.25) is 0 Å². The van der Waals surface area contributed by atoms with Gasteiger partial charge in [-0.05, 0) is 108 Å². The molecule has 0 aromatic heterocycles. The molecule has 0 spiro atoms. The van der Waals surface area contributed by atoms with Crippen molar-refractivity contribution in [2.75, 3.05) is 4.90 Å². The number of benzene rings is 10. The van der Waals surface area contributed by atoms with Gasteiger partial charge < -0.3 is 4.90 Å². The first-order valence-corrected chi connectivity index (χ1v) is 18.9. The SMILES string of the molecule is c1ccc(-c2ccccc2-c2ccc(N(c3ccc(-c4cccc5ccccc45)cc3)c3ccccc3-c3cc4ccccc4c4ccccc34)cc2)cc1. The third kappa shape index (κ3) is 5.93. The van der Waals surface area contributed by atoms with Crippen LogP contribution in [0.2, 0.25) is 0 Å². The van der Waals surface area contributed by atoms with E-state index in [1.54, 1.807) is 0 Å². The summed E-state index contributed by atoms with van der Waals surface area (Å²) >= 11 is 0. The molecular formula is C54H37N. The van der Waals surface area contributed by atoms with E-state index in [0.717, 1.165) is 17.1 Å². The zero-order valence-electron chi connectivity index (χ0n) is 30.3. The number of para-hydroxylation sites is 1. The van der Waals surface area contributed by atoms with Gasteiger partial charge in [0.15, 0.2) is 0 Å². The van der Waals surface area contributed by atoms with Crippen LogP contribution in [-0.4, -0.2) is 0 Å². The summed E-state index contributed by atoms with van der Waals surface area (Å²) in [6, 6.07) is 81.4. The monoisotopic (exact) mass is 699 g/mol. The van der Waals surface area contributed by atoms with Crippen molar-refractivity contribution in [1.29, 1.82) is 0 Å². The molecular weight excluding hydrogens is 663 g/mol. The van der Waals surface area contributed by atoms with Crippen LogP contribution >= 0.6 is 0 Å². The number of hydrogen-bond donors (Lipinski definition) is 0. The van der Waals surface area contributed by atoms with Crippen molar-refractivity contribution in [3.05, 3.63) is 224 Å². The highest BCUT2D eigenvalue weighted by Gasteiger charge is 2.20. The maximum Gasteiger partial charge on any atom is 0.0540 e. The molecule has 258 valence electrons. The Labute approximate surface area is 322 Å². The van der Waals surface area contributed by atoms with Crippen molar-refractivity contribution >= 4 is 49.4 Å². The second-order valence-corrected chi connectivity index (χ2v) is 14.1. The second-order valence-electron chi connectivity index (χ2n) is 14.1. The lowest BCUT2D eigenvalue weighted by Crippen LogP contribution is -2.11.